The van der Waals surface area contributed by atoms with Crippen molar-refractivity contribution >= 4 is 11.9 Å². The van der Waals surface area contributed by atoms with E-state index >= 15 is 0 Å². The Kier molecular flexibility index (Phi) is 26.6. The lowest BCUT2D eigenvalue weighted by atomic mass is 9.76. The van der Waals surface area contributed by atoms with Crippen molar-refractivity contribution in [1.82, 2.24) is 0 Å². The van der Waals surface area contributed by atoms with E-state index in [1.807, 2.05) is 51.2 Å². The molecule has 22 heteroatoms. The first-order valence-electron chi connectivity index (χ1n) is 28.4. The fourth-order valence-corrected chi connectivity index (χ4v) is 11.6. The molecule has 0 aromatic carbocycles. The largest absolute Gasteiger partial charge is 0.460 e. The lowest BCUT2D eigenvalue weighted by Crippen LogP contribution is -2.66. The van der Waals surface area contributed by atoms with Crippen LogP contribution in [0, 0.1) is 17.8 Å². The van der Waals surface area contributed by atoms with Crippen molar-refractivity contribution in [3.05, 3.63) is 58.7 Å². The van der Waals surface area contributed by atoms with Gasteiger partial charge in [-0.2, -0.15) is 0 Å². The van der Waals surface area contributed by atoms with E-state index in [1.165, 1.54) is 49.2 Å². The van der Waals surface area contributed by atoms with E-state index in [0.29, 0.717) is 12.0 Å². The van der Waals surface area contributed by atoms with E-state index in [4.69, 9.17) is 61.6 Å². The number of rotatable bonds is 16. The molecule has 0 bridgehead atoms. The third-order valence-electron chi connectivity index (χ3n) is 16.3. The fraction of sp³-hybridized carbons (Fsp3) is 0.797. The third kappa shape index (κ3) is 18.2. The molecule has 4 fully saturated rings. The summed E-state index contributed by atoms with van der Waals surface area (Å²) in [6, 6.07) is 0. The first-order chi connectivity index (χ1) is 38.2. The van der Waals surface area contributed by atoms with Gasteiger partial charge in [0.05, 0.1) is 67.6 Å². The molecule has 464 valence electrons. The number of allylic oxidation sites excluding steroid dienone is 7. The molecule has 5 aliphatic rings. The predicted molar refractivity (Wildman–Crippen MR) is 293 cm³/mol. The monoisotopic (exact) mass is 1160 g/mol. The Balaban J connectivity index is 1.41. The highest BCUT2D eigenvalue weighted by Crippen LogP contribution is 2.43. The molecular formula is C59H96O22. The summed E-state index contributed by atoms with van der Waals surface area (Å²) in [5, 5.41) is 80.9. The van der Waals surface area contributed by atoms with Crippen LogP contribution in [0.25, 0.3) is 0 Å². The maximum atomic E-state index is 14.3. The van der Waals surface area contributed by atoms with Gasteiger partial charge in [0, 0.05) is 84.4 Å². The van der Waals surface area contributed by atoms with E-state index < -0.39 is 158 Å². The highest BCUT2D eigenvalue weighted by molar-refractivity contribution is 5.88. The molecule has 0 saturated carbocycles. The van der Waals surface area contributed by atoms with Crippen molar-refractivity contribution in [3.63, 3.8) is 0 Å². The van der Waals surface area contributed by atoms with Crippen molar-refractivity contribution < 1.29 is 107 Å². The van der Waals surface area contributed by atoms with Gasteiger partial charge in [0.15, 0.2) is 18.9 Å². The van der Waals surface area contributed by atoms with Crippen molar-refractivity contribution in [1.29, 1.82) is 0 Å². The lowest BCUT2D eigenvalue weighted by Gasteiger charge is -2.51. The average Bonchev–Trinajstić information content (AvgIpc) is 3.47. The first kappa shape index (κ1) is 68.7. The molecule has 5 rings (SSSR count). The Labute approximate surface area is 478 Å². The summed E-state index contributed by atoms with van der Waals surface area (Å²) in [5.74, 6) is -6.17. The zero-order chi connectivity index (χ0) is 60.2. The number of aliphatic hydroxyl groups is 7. The molecule has 22 nitrogen and oxygen atoms in total. The zero-order valence-corrected chi connectivity index (χ0v) is 50.0. The minimum atomic E-state index is -2.57. The van der Waals surface area contributed by atoms with Gasteiger partial charge < -0.3 is 97.3 Å². The normalized spacial score (nSPS) is 44.8. The Hall–Kier alpha value is -3.08. The molecule has 0 amide bonds. The number of hydrogen-bond acceptors (Lipinski definition) is 22. The lowest BCUT2D eigenvalue weighted by molar-refractivity contribution is -0.365. The Morgan fingerprint density at radius 1 is 0.741 bits per heavy atom. The van der Waals surface area contributed by atoms with Crippen LogP contribution in [0.15, 0.2) is 58.7 Å². The second kappa shape index (κ2) is 31.4. The van der Waals surface area contributed by atoms with E-state index in [0.717, 1.165) is 11.1 Å². The van der Waals surface area contributed by atoms with E-state index in [1.54, 1.807) is 40.7 Å². The third-order valence-corrected chi connectivity index (χ3v) is 16.3. The SMILES string of the molecule is COC[C@@H](C[C@H]1O[C@@](O)([C@H](O)[C@@H]2C[C@H](OC)[C@H](OC(C)=O)CC/C=C(C)/C=C/[C@@H](O[C@@H]3O[C@@H](C)[C@H](OC)[C@@H](O)[C@@H]3O)[C@H](C)/C=C(C)/C=C(C)/C=C(\C)C(=O)O2)[C@H](C)[C@@H](O)[C@H]1C)O[C@H]1C[C@H](O)[C@@H](O[C@H]2C[C@@H](OC)[C@H](O)[C@@H](C)O2)[C@H](C)O1. The summed E-state index contributed by atoms with van der Waals surface area (Å²) >= 11 is 0. The standard InChI is InChI=1S/C59H96O22/c1-29-17-16-18-43(76-39(11)60)45(70-13)26-47(78-57(67)33(5)23-31(3)21-30(2)22-32(4)42(20-19-29)79-58-53(65)52(64)55(72-15)38(10)75-58)56(66)59(68)35(7)50(62)34(6)44(81-59)24-40(28-69-12)77-48-25-41(61)54(37(9)74-48)80-49-27-46(71-14)51(63)36(8)73-49/h17,19-23,32,34-38,40-56,58,61-66,68H,16,18,24-28H2,1-15H3/b20-19+,29-17+,30-22+,31-21+,33-23+/t32-,34+,35-,36-,37+,38+,40-,41+,42-,43-,44-,45+,46-,47+,48+,49+,50+,51-,52+,53+,54+,55+,56-,58+,59-/m1/s1. The summed E-state index contributed by atoms with van der Waals surface area (Å²) < 4.78 is 77.9. The molecule has 25 atom stereocenters. The van der Waals surface area contributed by atoms with Crippen LogP contribution in [0.1, 0.15) is 115 Å². The Morgan fingerprint density at radius 2 is 1.41 bits per heavy atom. The van der Waals surface area contributed by atoms with Gasteiger partial charge in [-0.3, -0.25) is 4.79 Å². The second-order valence-electron chi connectivity index (χ2n) is 22.8. The van der Waals surface area contributed by atoms with Gasteiger partial charge in [-0.1, -0.05) is 67.9 Å². The van der Waals surface area contributed by atoms with Crippen LogP contribution in [0.3, 0.4) is 0 Å². The van der Waals surface area contributed by atoms with Crippen molar-refractivity contribution in [2.75, 3.05) is 35.0 Å². The van der Waals surface area contributed by atoms with Gasteiger partial charge in [0.2, 0.25) is 5.79 Å². The minimum Gasteiger partial charge on any atom is -0.460 e. The summed E-state index contributed by atoms with van der Waals surface area (Å²) in [5.41, 5.74) is 2.40. The van der Waals surface area contributed by atoms with Gasteiger partial charge in [-0.05, 0) is 67.4 Å². The number of aliphatic hydroxyl groups excluding tert-OH is 6. The average molecular weight is 1160 g/mol. The molecule has 0 aromatic rings. The number of esters is 2. The number of hydrogen-bond donors (Lipinski definition) is 7. The van der Waals surface area contributed by atoms with Crippen LogP contribution in [0.4, 0.5) is 0 Å². The quantitative estimate of drug-likeness (QED) is 0.108. The number of carbonyl (C=O) groups is 2. The summed E-state index contributed by atoms with van der Waals surface area (Å²) in [6.45, 7) is 18.7. The molecule has 0 radical (unpaired) electrons. The summed E-state index contributed by atoms with van der Waals surface area (Å²) in [6.07, 6.45) is -9.24. The molecule has 0 aliphatic carbocycles. The maximum absolute atomic E-state index is 14.3. The van der Waals surface area contributed by atoms with Crippen LogP contribution >= 0.6 is 0 Å². The van der Waals surface area contributed by atoms with Gasteiger partial charge in [0.1, 0.15) is 48.8 Å². The summed E-state index contributed by atoms with van der Waals surface area (Å²) in [4.78, 5) is 27.0. The molecule has 5 aliphatic heterocycles. The zero-order valence-electron chi connectivity index (χ0n) is 50.0. The van der Waals surface area contributed by atoms with E-state index in [-0.39, 0.29) is 50.2 Å². The van der Waals surface area contributed by atoms with Crippen LogP contribution in [0.2, 0.25) is 0 Å². The predicted octanol–water partition coefficient (Wildman–Crippen LogP) is 3.77. The molecule has 7 N–H and O–H groups in total. The van der Waals surface area contributed by atoms with Crippen LogP contribution in [-0.4, -0.2) is 217 Å². The molecule has 0 spiro atoms. The van der Waals surface area contributed by atoms with E-state index in [9.17, 15) is 45.3 Å². The minimum absolute atomic E-state index is 0.00106. The van der Waals surface area contributed by atoms with Gasteiger partial charge in [0.25, 0.3) is 0 Å². The molecule has 0 aromatic heterocycles. The van der Waals surface area contributed by atoms with Crippen molar-refractivity contribution in [3.8, 4) is 0 Å². The Bertz CT molecular complexity index is 2140. The Morgan fingerprint density at radius 3 is 2.04 bits per heavy atom. The number of methoxy groups -OCH3 is 4. The number of carbonyl (C=O) groups excluding carboxylic acids is 2. The van der Waals surface area contributed by atoms with Crippen LogP contribution < -0.4 is 0 Å². The molecule has 0 unspecified atom stereocenters. The van der Waals surface area contributed by atoms with Crippen molar-refractivity contribution in [2.45, 2.75) is 249 Å². The topological polar surface area (TPSA) is 296 Å². The maximum Gasteiger partial charge on any atom is 0.334 e. The molecule has 81 heavy (non-hydrogen) atoms. The van der Waals surface area contributed by atoms with Gasteiger partial charge >= 0.3 is 11.9 Å². The first-order valence-corrected chi connectivity index (χ1v) is 28.4. The summed E-state index contributed by atoms with van der Waals surface area (Å²) in [7, 11) is 5.79. The molecule has 4 saturated heterocycles. The van der Waals surface area contributed by atoms with Crippen molar-refractivity contribution in [2.24, 2.45) is 17.8 Å². The van der Waals surface area contributed by atoms with E-state index in [2.05, 4.69) is 0 Å². The smallest absolute Gasteiger partial charge is 0.334 e. The van der Waals surface area contributed by atoms with Gasteiger partial charge in [-0.15, -0.1) is 0 Å². The van der Waals surface area contributed by atoms with Gasteiger partial charge in [-0.25, -0.2) is 4.79 Å². The number of ether oxygens (including phenoxy) is 13. The van der Waals surface area contributed by atoms with Crippen LogP contribution in [-0.2, 0) is 71.2 Å². The molecular weight excluding hydrogens is 1060 g/mol. The van der Waals surface area contributed by atoms with Crippen LogP contribution in [0.5, 0.6) is 0 Å². The fourth-order valence-electron chi connectivity index (χ4n) is 11.6. The molecule has 5 heterocycles. The highest BCUT2D eigenvalue weighted by atomic mass is 16.7. The second-order valence-corrected chi connectivity index (χ2v) is 22.8. The number of cyclic esters (lactones) is 1. The highest BCUT2D eigenvalue weighted by Gasteiger charge is 2.57.